The van der Waals surface area contributed by atoms with E-state index >= 15 is 0 Å². The molecule has 0 radical (unpaired) electrons. The summed E-state index contributed by atoms with van der Waals surface area (Å²) in [5, 5.41) is 15.6. The number of anilines is 1. The second-order valence-corrected chi connectivity index (χ2v) is 8.72. The Morgan fingerprint density at radius 3 is 2.45 bits per heavy atom. The van der Waals surface area contributed by atoms with Crippen molar-refractivity contribution in [1.82, 2.24) is 19.7 Å². The largest absolute Gasteiger partial charge is 0.370 e. The fourth-order valence-electron chi connectivity index (χ4n) is 3.98. The molecule has 8 heteroatoms. The van der Waals surface area contributed by atoms with Crippen molar-refractivity contribution in [2.24, 2.45) is 0 Å². The van der Waals surface area contributed by atoms with Gasteiger partial charge in [-0.3, -0.25) is 4.79 Å². The number of amides is 1. The van der Waals surface area contributed by atoms with Gasteiger partial charge < -0.3 is 9.80 Å². The summed E-state index contributed by atoms with van der Waals surface area (Å²) in [6.45, 7) is 2.81. The van der Waals surface area contributed by atoms with Gasteiger partial charge in [-0.25, -0.2) is 9.67 Å². The van der Waals surface area contributed by atoms with Crippen molar-refractivity contribution in [2.75, 3.05) is 31.1 Å². The van der Waals surface area contributed by atoms with Gasteiger partial charge in [0.25, 0.3) is 5.91 Å². The van der Waals surface area contributed by atoms with E-state index in [1.165, 1.54) is 0 Å². The van der Waals surface area contributed by atoms with Crippen molar-refractivity contribution in [3.63, 3.8) is 0 Å². The number of para-hydroxylation sites is 1. The summed E-state index contributed by atoms with van der Waals surface area (Å²) in [5.74, 6) is 0.742. The van der Waals surface area contributed by atoms with Gasteiger partial charge in [0.05, 0.1) is 22.2 Å². The maximum atomic E-state index is 13.4. The highest BCUT2D eigenvalue weighted by molar-refractivity contribution is 7.13. The molecule has 0 spiro atoms. The minimum absolute atomic E-state index is 0.149. The van der Waals surface area contributed by atoms with Crippen LogP contribution in [-0.2, 0) is 0 Å². The van der Waals surface area contributed by atoms with Crippen molar-refractivity contribution in [1.29, 1.82) is 5.26 Å². The number of benzene rings is 2. The van der Waals surface area contributed by atoms with E-state index in [2.05, 4.69) is 21.1 Å². The summed E-state index contributed by atoms with van der Waals surface area (Å²) in [7, 11) is 0. The number of carbonyl (C=O) groups is 1. The lowest BCUT2D eigenvalue weighted by atomic mass is 10.2. The third-order valence-corrected chi connectivity index (χ3v) is 6.55. The van der Waals surface area contributed by atoms with Crippen LogP contribution in [0.3, 0.4) is 0 Å². The van der Waals surface area contributed by atoms with Crippen LogP contribution >= 0.6 is 11.3 Å². The minimum atomic E-state index is -0.149. The van der Waals surface area contributed by atoms with Gasteiger partial charge in [0.2, 0.25) is 5.82 Å². The molecule has 4 aromatic rings. The predicted octanol–water partition coefficient (Wildman–Crippen LogP) is 4.22. The molecule has 1 amide bonds. The van der Waals surface area contributed by atoms with Crippen molar-refractivity contribution in [2.45, 2.75) is 6.42 Å². The van der Waals surface area contributed by atoms with Gasteiger partial charge >= 0.3 is 0 Å². The van der Waals surface area contributed by atoms with Crippen LogP contribution in [0.1, 0.15) is 22.6 Å². The van der Waals surface area contributed by atoms with Crippen LogP contribution in [0, 0.1) is 11.3 Å². The number of carbonyl (C=O) groups excluding carboxylic acids is 1. The Morgan fingerprint density at radius 1 is 0.909 bits per heavy atom. The van der Waals surface area contributed by atoms with E-state index in [0.717, 1.165) is 35.8 Å². The molecule has 0 N–H and O–H groups in total. The normalized spacial score (nSPS) is 14.0. The van der Waals surface area contributed by atoms with Crippen molar-refractivity contribution < 1.29 is 4.79 Å². The maximum Gasteiger partial charge on any atom is 0.293 e. The first-order valence-corrected chi connectivity index (χ1v) is 11.7. The molecule has 1 fully saturated rings. The Morgan fingerprint density at radius 2 is 1.73 bits per heavy atom. The molecule has 3 heterocycles. The molecule has 0 saturated carbocycles. The Kier molecular flexibility index (Phi) is 5.87. The Hall–Kier alpha value is -3.96. The molecule has 1 aliphatic rings. The zero-order valence-corrected chi connectivity index (χ0v) is 18.8. The topological polar surface area (TPSA) is 78.0 Å². The van der Waals surface area contributed by atoms with Crippen LogP contribution < -0.4 is 4.90 Å². The van der Waals surface area contributed by atoms with E-state index in [0.29, 0.717) is 24.5 Å². The summed E-state index contributed by atoms with van der Waals surface area (Å²) >= 11 is 1.57. The molecule has 1 aliphatic heterocycles. The zero-order valence-electron chi connectivity index (χ0n) is 18.0. The molecule has 1 saturated heterocycles. The van der Waals surface area contributed by atoms with Crippen molar-refractivity contribution in [3.8, 4) is 22.5 Å². The van der Waals surface area contributed by atoms with Gasteiger partial charge in [-0.05, 0) is 54.3 Å². The van der Waals surface area contributed by atoms with E-state index in [1.54, 1.807) is 16.0 Å². The number of hydrogen-bond acceptors (Lipinski definition) is 6. The first kappa shape index (κ1) is 20.9. The second kappa shape index (κ2) is 9.27. The number of aromatic nitrogens is 3. The van der Waals surface area contributed by atoms with Gasteiger partial charge in [0.15, 0.2) is 5.82 Å². The fourth-order valence-corrected chi connectivity index (χ4v) is 4.68. The standard InChI is InChI=1S/C25H22N6OS/c26-18-19-9-11-20(12-10-19)29-13-5-14-30(16-15-29)25(32)23-27-24(22-8-4-17-33-22)31(28-23)21-6-2-1-3-7-21/h1-4,6-12,17H,5,13-16H2. The molecule has 0 aliphatic carbocycles. The van der Waals surface area contributed by atoms with Crippen molar-refractivity contribution in [3.05, 3.63) is 83.5 Å². The van der Waals surface area contributed by atoms with E-state index in [9.17, 15) is 4.79 Å². The van der Waals surface area contributed by atoms with Crippen LogP contribution in [0.25, 0.3) is 16.4 Å². The highest BCUT2D eigenvalue weighted by atomic mass is 32.1. The van der Waals surface area contributed by atoms with Gasteiger partial charge in [0.1, 0.15) is 0 Å². The zero-order chi connectivity index (χ0) is 22.6. The van der Waals surface area contributed by atoms with Crippen LogP contribution in [0.15, 0.2) is 72.1 Å². The number of thiophene rings is 1. The van der Waals surface area contributed by atoms with Crippen molar-refractivity contribution >= 4 is 22.9 Å². The molecule has 33 heavy (non-hydrogen) atoms. The van der Waals surface area contributed by atoms with E-state index in [1.807, 2.05) is 77.0 Å². The number of rotatable bonds is 4. The molecular weight excluding hydrogens is 432 g/mol. The molecule has 2 aromatic heterocycles. The van der Waals surface area contributed by atoms with Crippen LogP contribution in [0.2, 0.25) is 0 Å². The highest BCUT2D eigenvalue weighted by Crippen LogP contribution is 2.26. The lowest BCUT2D eigenvalue weighted by Gasteiger charge is -2.23. The van der Waals surface area contributed by atoms with Crippen LogP contribution in [-0.4, -0.2) is 51.8 Å². The first-order valence-electron chi connectivity index (χ1n) is 10.8. The molecule has 2 aromatic carbocycles. The quantitative estimate of drug-likeness (QED) is 0.461. The molecule has 0 atom stereocenters. The third-order valence-electron chi connectivity index (χ3n) is 5.69. The Labute approximate surface area is 196 Å². The molecule has 5 rings (SSSR count). The molecule has 0 unspecified atom stereocenters. The molecule has 164 valence electrons. The third kappa shape index (κ3) is 4.36. The number of nitrogens with zero attached hydrogens (tertiary/aromatic N) is 6. The average molecular weight is 455 g/mol. The van der Waals surface area contributed by atoms with Gasteiger partial charge in [-0.15, -0.1) is 16.4 Å². The van der Waals surface area contributed by atoms with Crippen LogP contribution in [0.4, 0.5) is 5.69 Å². The van der Waals surface area contributed by atoms with E-state index < -0.39 is 0 Å². The van der Waals surface area contributed by atoms with Crippen LogP contribution in [0.5, 0.6) is 0 Å². The molecule has 0 bridgehead atoms. The maximum absolute atomic E-state index is 13.4. The average Bonchev–Trinajstić information content (AvgIpc) is 3.49. The summed E-state index contributed by atoms with van der Waals surface area (Å²) in [6.07, 6.45) is 0.850. The number of hydrogen-bond donors (Lipinski definition) is 0. The summed E-state index contributed by atoms with van der Waals surface area (Å²) in [6, 6.07) is 23.5. The lowest BCUT2D eigenvalue weighted by Crippen LogP contribution is -2.35. The Balaban J connectivity index is 1.37. The number of nitriles is 1. The predicted molar refractivity (Wildman–Crippen MR) is 129 cm³/mol. The molecule has 7 nitrogen and oxygen atoms in total. The minimum Gasteiger partial charge on any atom is -0.370 e. The SMILES string of the molecule is N#Cc1ccc(N2CCCN(C(=O)c3nc(-c4cccs4)n(-c4ccccc4)n3)CC2)cc1. The Bertz CT molecular complexity index is 1270. The van der Waals surface area contributed by atoms with Gasteiger partial charge in [-0.2, -0.15) is 5.26 Å². The van der Waals surface area contributed by atoms with E-state index in [4.69, 9.17) is 5.26 Å². The molecular formula is C25H22N6OS. The van der Waals surface area contributed by atoms with Gasteiger partial charge in [-0.1, -0.05) is 24.3 Å². The van der Waals surface area contributed by atoms with Gasteiger partial charge in [0, 0.05) is 31.9 Å². The summed E-state index contributed by atoms with van der Waals surface area (Å²) in [4.78, 5) is 23.1. The first-order chi connectivity index (χ1) is 16.2. The monoisotopic (exact) mass is 454 g/mol. The highest BCUT2D eigenvalue weighted by Gasteiger charge is 2.26. The van der Waals surface area contributed by atoms with E-state index in [-0.39, 0.29) is 11.7 Å². The fraction of sp³-hybridized carbons (Fsp3) is 0.200. The second-order valence-electron chi connectivity index (χ2n) is 7.78. The smallest absolute Gasteiger partial charge is 0.293 e. The lowest BCUT2D eigenvalue weighted by molar-refractivity contribution is 0.0755. The summed E-state index contributed by atoms with van der Waals surface area (Å²) in [5.41, 5.74) is 2.58. The summed E-state index contributed by atoms with van der Waals surface area (Å²) < 4.78 is 1.75.